The summed E-state index contributed by atoms with van der Waals surface area (Å²) in [6.45, 7) is 1.88. The number of halogens is 1. The number of nitrogens with zero attached hydrogens (tertiary/aromatic N) is 3. The molecule has 0 saturated heterocycles. The molecule has 2 aromatic heterocycles. The van der Waals surface area contributed by atoms with Gasteiger partial charge in [-0.2, -0.15) is 9.78 Å². The number of anilines is 1. The van der Waals surface area contributed by atoms with E-state index in [1.807, 2.05) is 73.7 Å². The summed E-state index contributed by atoms with van der Waals surface area (Å²) in [7, 11) is 0. The third-order valence-electron chi connectivity index (χ3n) is 4.62. The summed E-state index contributed by atoms with van der Waals surface area (Å²) in [6.07, 6.45) is 0. The fourth-order valence-electron chi connectivity index (χ4n) is 3.25. The zero-order valence-electron chi connectivity index (χ0n) is 15.4. The summed E-state index contributed by atoms with van der Waals surface area (Å²) in [5, 5.41) is 10.8. The van der Waals surface area contributed by atoms with E-state index in [0.717, 1.165) is 26.7 Å². The Morgan fingerprint density at radius 2 is 1.86 bits per heavy atom. The molecule has 0 bridgehead atoms. The normalized spacial score (nSPS) is 11.2. The molecule has 5 nitrogen and oxygen atoms in total. The maximum atomic E-state index is 12.9. The minimum atomic E-state index is -0.198. The Hall–Kier alpha value is -3.22. The van der Waals surface area contributed by atoms with E-state index < -0.39 is 0 Å². The lowest BCUT2D eigenvalue weighted by molar-refractivity contribution is 0.102. The molecular weight excluding hydrogens is 404 g/mol. The summed E-state index contributed by atoms with van der Waals surface area (Å²) < 4.78 is 2.61. The lowest BCUT2D eigenvalue weighted by Crippen LogP contribution is -2.15. The third kappa shape index (κ3) is 3.26. The highest BCUT2D eigenvalue weighted by Crippen LogP contribution is 2.31. The van der Waals surface area contributed by atoms with E-state index in [4.69, 9.17) is 11.6 Å². The van der Waals surface area contributed by atoms with Crippen LogP contribution in [0.1, 0.15) is 16.1 Å². The Morgan fingerprint density at radius 3 is 2.69 bits per heavy atom. The minimum Gasteiger partial charge on any atom is -0.306 e. The number of para-hydroxylation sites is 1. The number of benzene rings is 3. The topological polar surface area (TPSA) is 59.8 Å². The Kier molecular flexibility index (Phi) is 4.30. The highest BCUT2D eigenvalue weighted by Gasteiger charge is 2.16. The number of rotatable bonds is 3. The molecule has 1 amide bonds. The molecule has 0 fully saturated rings. The molecule has 0 atom stereocenters. The van der Waals surface area contributed by atoms with Crippen LogP contribution in [-0.4, -0.2) is 20.7 Å². The van der Waals surface area contributed by atoms with Gasteiger partial charge < -0.3 is 5.32 Å². The van der Waals surface area contributed by atoms with Crippen LogP contribution in [0.2, 0.25) is 5.02 Å². The van der Waals surface area contributed by atoms with Crippen molar-refractivity contribution in [3.8, 4) is 5.13 Å². The number of nitrogens with one attached hydrogen (secondary N) is 1. The molecule has 0 aliphatic heterocycles. The molecule has 0 spiro atoms. The number of carbonyl (C=O) groups is 1. The van der Waals surface area contributed by atoms with Crippen molar-refractivity contribution in [1.82, 2.24) is 14.8 Å². The molecule has 0 unspecified atom stereocenters. The predicted molar refractivity (Wildman–Crippen MR) is 118 cm³/mol. The number of aryl methyl sites for hydroxylation is 1. The van der Waals surface area contributed by atoms with Gasteiger partial charge in [0.15, 0.2) is 0 Å². The van der Waals surface area contributed by atoms with Crippen LogP contribution in [0.5, 0.6) is 0 Å². The molecule has 0 radical (unpaired) electrons. The van der Waals surface area contributed by atoms with E-state index in [1.54, 1.807) is 4.68 Å². The SMILES string of the molecule is Cc1cc(NC(=O)c2ccc3ccccc3c2)n(-c2nc3c(Cl)cccc3s2)n1. The van der Waals surface area contributed by atoms with Gasteiger partial charge in [0, 0.05) is 11.6 Å². The van der Waals surface area contributed by atoms with Gasteiger partial charge in [-0.1, -0.05) is 59.3 Å². The van der Waals surface area contributed by atoms with Crippen molar-refractivity contribution in [3.63, 3.8) is 0 Å². The van der Waals surface area contributed by atoms with Gasteiger partial charge in [0.1, 0.15) is 11.3 Å². The molecule has 5 aromatic rings. The number of hydrogen-bond donors (Lipinski definition) is 1. The smallest absolute Gasteiger partial charge is 0.256 e. The zero-order chi connectivity index (χ0) is 20.0. The minimum absolute atomic E-state index is 0.198. The van der Waals surface area contributed by atoms with E-state index >= 15 is 0 Å². The van der Waals surface area contributed by atoms with Crippen molar-refractivity contribution in [2.45, 2.75) is 6.92 Å². The second-order valence-electron chi connectivity index (χ2n) is 6.68. The molecule has 5 rings (SSSR count). The zero-order valence-corrected chi connectivity index (χ0v) is 17.0. The molecule has 0 aliphatic carbocycles. The monoisotopic (exact) mass is 418 g/mol. The first-order chi connectivity index (χ1) is 14.1. The average molecular weight is 419 g/mol. The molecule has 0 saturated carbocycles. The van der Waals surface area contributed by atoms with Crippen LogP contribution in [0.4, 0.5) is 5.82 Å². The van der Waals surface area contributed by atoms with Crippen LogP contribution in [0.25, 0.3) is 26.1 Å². The van der Waals surface area contributed by atoms with Crippen molar-refractivity contribution >= 4 is 55.7 Å². The van der Waals surface area contributed by atoms with Crippen LogP contribution < -0.4 is 5.32 Å². The summed E-state index contributed by atoms with van der Waals surface area (Å²) in [4.78, 5) is 17.5. The number of aromatic nitrogens is 3. The van der Waals surface area contributed by atoms with Crippen LogP contribution in [0.3, 0.4) is 0 Å². The Bertz CT molecular complexity index is 1390. The molecule has 1 N–H and O–H groups in total. The van der Waals surface area contributed by atoms with Gasteiger partial charge in [0.25, 0.3) is 5.91 Å². The summed E-state index contributed by atoms with van der Waals surface area (Å²) in [5.41, 5.74) is 2.10. The second-order valence-corrected chi connectivity index (χ2v) is 8.10. The van der Waals surface area contributed by atoms with Gasteiger partial charge in [0.2, 0.25) is 5.13 Å². The first kappa shape index (κ1) is 17.8. The maximum absolute atomic E-state index is 12.9. The number of fused-ring (bicyclic) bond motifs is 2. The molecule has 142 valence electrons. The highest BCUT2D eigenvalue weighted by atomic mass is 35.5. The van der Waals surface area contributed by atoms with Crippen molar-refractivity contribution in [1.29, 1.82) is 0 Å². The van der Waals surface area contributed by atoms with E-state index in [0.29, 0.717) is 21.5 Å². The predicted octanol–water partition coefficient (Wildman–Crippen LogP) is 5.85. The lowest BCUT2D eigenvalue weighted by Gasteiger charge is -2.07. The van der Waals surface area contributed by atoms with Gasteiger partial charge in [0.05, 0.1) is 15.4 Å². The van der Waals surface area contributed by atoms with Crippen LogP contribution in [0, 0.1) is 6.92 Å². The molecule has 7 heteroatoms. The van der Waals surface area contributed by atoms with E-state index in [1.165, 1.54) is 11.3 Å². The van der Waals surface area contributed by atoms with E-state index in [-0.39, 0.29) is 5.91 Å². The second kappa shape index (κ2) is 6.99. The van der Waals surface area contributed by atoms with Crippen LogP contribution in [-0.2, 0) is 0 Å². The first-order valence-corrected chi connectivity index (χ1v) is 10.2. The quantitative estimate of drug-likeness (QED) is 0.400. The van der Waals surface area contributed by atoms with E-state index in [2.05, 4.69) is 15.4 Å². The molecular formula is C22H15ClN4OS. The highest BCUT2D eigenvalue weighted by molar-refractivity contribution is 7.20. The van der Waals surface area contributed by atoms with Gasteiger partial charge in [-0.25, -0.2) is 4.98 Å². The molecule has 3 aromatic carbocycles. The van der Waals surface area contributed by atoms with Crippen molar-refractivity contribution in [3.05, 3.63) is 83.0 Å². The number of carbonyl (C=O) groups excluding carboxylic acids is 1. The first-order valence-electron chi connectivity index (χ1n) is 9.01. The average Bonchev–Trinajstić information content (AvgIpc) is 3.31. The van der Waals surface area contributed by atoms with Gasteiger partial charge in [-0.15, -0.1) is 0 Å². The van der Waals surface area contributed by atoms with Gasteiger partial charge in [-0.05, 0) is 42.0 Å². The largest absolute Gasteiger partial charge is 0.306 e. The standard InChI is InChI=1S/C22H15ClN4OS/c1-13-11-19(24-21(28)16-10-9-14-5-2-3-6-15(14)12-16)27(26-13)22-25-20-17(23)7-4-8-18(20)29-22/h2-12H,1H3,(H,24,28). The molecule has 2 heterocycles. The number of amides is 1. The van der Waals surface area contributed by atoms with Gasteiger partial charge >= 0.3 is 0 Å². The van der Waals surface area contributed by atoms with Crippen LogP contribution >= 0.6 is 22.9 Å². The van der Waals surface area contributed by atoms with Crippen molar-refractivity contribution in [2.75, 3.05) is 5.32 Å². The van der Waals surface area contributed by atoms with Crippen LogP contribution in [0.15, 0.2) is 66.7 Å². The Labute approximate surface area is 175 Å². The lowest BCUT2D eigenvalue weighted by atomic mass is 10.1. The number of hydrogen-bond acceptors (Lipinski definition) is 4. The van der Waals surface area contributed by atoms with Crippen molar-refractivity contribution in [2.24, 2.45) is 0 Å². The van der Waals surface area contributed by atoms with Crippen molar-refractivity contribution < 1.29 is 4.79 Å². The fraction of sp³-hybridized carbons (Fsp3) is 0.0455. The third-order valence-corrected chi connectivity index (χ3v) is 5.93. The van der Waals surface area contributed by atoms with Gasteiger partial charge in [-0.3, -0.25) is 4.79 Å². The molecule has 0 aliphatic rings. The Morgan fingerprint density at radius 1 is 1.03 bits per heavy atom. The molecule has 29 heavy (non-hydrogen) atoms. The fourth-order valence-corrected chi connectivity index (χ4v) is 4.48. The summed E-state index contributed by atoms with van der Waals surface area (Å²) >= 11 is 7.73. The maximum Gasteiger partial charge on any atom is 0.256 e. The summed E-state index contributed by atoms with van der Waals surface area (Å²) in [5.74, 6) is 0.367. The Balaban J connectivity index is 1.51. The van der Waals surface area contributed by atoms with E-state index in [9.17, 15) is 4.79 Å². The summed E-state index contributed by atoms with van der Waals surface area (Å²) in [6, 6.07) is 21.1. The number of thiazole rings is 1.